The molecule has 0 atom stereocenters. The number of hydrogen-bond acceptors (Lipinski definition) is 2. The van der Waals surface area contributed by atoms with Crippen molar-refractivity contribution in [1.29, 1.82) is 0 Å². The van der Waals surface area contributed by atoms with Gasteiger partial charge in [0.15, 0.2) is 5.41 Å². The lowest BCUT2D eigenvalue weighted by molar-refractivity contribution is -0.777. The Bertz CT molecular complexity index is 427. The summed E-state index contributed by atoms with van der Waals surface area (Å²) in [6, 6.07) is 0. The van der Waals surface area contributed by atoms with Gasteiger partial charge in [0, 0.05) is 0 Å². The lowest BCUT2D eigenvalue weighted by Gasteiger charge is -2.17. The van der Waals surface area contributed by atoms with Gasteiger partial charge in [-0.05, 0) is 12.8 Å². The molecule has 2 N–H and O–H groups in total. The first-order valence-corrected chi connectivity index (χ1v) is 4.87. The minimum absolute atomic E-state index is 0.178. The van der Waals surface area contributed by atoms with Gasteiger partial charge in [-0.25, -0.2) is 10.4 Å². The molecule has 8 heteroatoms. The van der Waals surface area contributed by atoms with E-state index in [1.165, 1.54) is 11.7 Å². The molecule has 1 rings (SSSR count). The first kappa shape index (κ1) is 12.8. The fraction of sp³-hybridized carbons (Fsp3) is 0.556. The van der Waals surface area contributed by atoms with E-state index in [0.29, 0.717) is 12.8 Å². The molecule has 0 unspecified atom stereocenters. The van der Waals surface area contributed by atoms with E-state index >= 15 is 0 Å². The average Bonchev–Trinajstić information content (AvgIpc) is 2.68. The molecule has 0 aliphatic heterocycles. The summed E-state index contributed by atoms with van der Waals surface area (Å²) in [5.41, 5.74) is -2.79. The van der Waals surface area contributed by atoms with Crippen LogP contribution in [0.3, 0.4) is 0 Å². The molecule has 0 aromatic heterocycles. The predicted octanol–water partition coefficient (Wildman–Crippen LogP) is 1.13. The van der Waals surface area contributed by atoms with E-state index in [2.05, 4.69) is 0 Å². The molecular formula is C9H10N4O4. The smallest absolute Gasteiger partial charge is 0.330 e. The average molecular weight is 238 g/mol. The Morgan fingerprint density at radius 1 is 1.00 bits per heavy atom. The zero-order chi connectivity index (χ0) is 13.1. The van der Waals surface area contributed by atoms with Crippen molar-refractivity contribution in [3.05, 3.63) is 32.0 Å². The zero-order valence-corrected chi connectivity index (χ0v) is 8.83. The molecule has 0 amide bonds. The molecule has 1 aliphatic rings. The van der Waals surface area contributed by atoms with Crippen molar-refractivity contribution in [3.8, 4) is 0 Å². The van der Waals surface area contributed by atoms with Crippen LogP contribution in [0.5, 0.6) is 0 Å². The summed E-state index contributed by atoms with van der Waals surface area (Å²) in [5, 5.41) is 35.4. The van der Waals surface area contributed by atoms with Gasteiger partial charge in [0.2, 0.25) is 0 Å². The summed E-state index contributed by atoms with van der Waals surface area (Å²) < 4.78 is 0. The minimum Gasteiger partial charge on any atom is -0.758 e. The summed E-state index contributed by atoms with van der Waals surface area (Å²) in [4.78, 5) is 20.5. The van der Waals surface area contributed by atoms with Crippen LogP contribution in [0.1, 0.15) is 25.7 Å². The van der Waals surface area contributed by atoms with E-state index in [-0.39, 0.29) is 12.8 Å². The molecule has 0 aromatic rings. The molecule has 17 heavy (non-hydrogen) atoms. The van der Waals surface area contributed by atoms with Crippen molar-refractivity contribution in [2.75, 3.05) is 0 Å². The van der Waals surface area contributed by atoms with E-state index in [4.69, 9.17) is 21.2 Å². The van der Waals surface area contributed by atoms with Crippen LogP contribution >= 0.6 is 0 Å². The Kier molecular flexibility index (Phi) is 3.52. The van der Waals surface area contributed by atoms with Gasteiger partial charge in [0.1, 0.15) is 0 Å². The first-order chi connectivity index (χ1) is 7.99. The van der Waals surface area contributed by atoms with Gasteiger partial charge >= 0.3 is 11.4 Å². The molecule has 8 nitrogen and oxygen atoms in total. The summed E-state index contributed by atoms with van der Waals surface area (Å²) in [6.07, 6.45) is 1.52. The second-order valence-electron chi connectivity index (χ2n) is 3.76. The van der Waals surface area contributed by atoms with E-state index in [9.17, 15) is 9.81 Å². The van der Waals surface area contributed by atoms with Gasteiger partial charge in [0.25, 0.3) is 9.85 Å². The molecule has 90 valence electrons. The third-order valence-corrected chi connectivity index (χ3v) is 2.96. The SMILES string of the molecule is [N-]=C=C([N+](=O)O)C1(C(=C=[N-])[N+](=O)O)CCCC1. The molecule has 0 heterocycles. The number of nitrogens with zero attached hydrogens (tertiary/aromatic N) is 4. The van der Waals surface area contributed by atoms with E-state index in [1.54, 1.807) is 0 Å². The van der Waals surface area contributed by atoms with Crippen LogP contribution < -0.4 is 0 Å². The lowest BCUT2D eigenvalue weighted by atomic mass is 9.80. The molecule has 0 saturated heterocycles. The highest BCUT2D eigenvalue weighted by Crippen LogP contribution is 2.48. The summed E-state index contributed by atoms with van der Waals surface area (Å²) >= 11 is 0. The fourth-order valence-corrected chi connectivity index (χ4v) is 2.23. The second kappa shape index (κ2) is 4.69. The molecule has 1 fully saturated rings. The quantitative estimate of drug-likeness (QED) is 0.562. The maximum absolute atomic E-state index is 10.9. The van der Waals surface area contributed by atoms with Crippen molar-refractivity contribution in [2.45, 2.75) is 25.7 Å². The van der Waals surface area contributed by atoms with Crippen molar-refractivity contribution in [1.82, 2.24) is 0 Å². The Labute approximate surface area is 96.0 Å². The second-order valence-corrected chi connectivity index (χ2v) is 3.76. The Hall–Kier alpha value is -2.30. The third-order valence-electron chi connectivity index (χ3n) is 2.96. The Morgan fingerprint density at radius 3 is 1.59 bits per heavy atom. The summed E-state index contributed by atoms with van der Waals surface area (Å²) in [5.74, 6) is 2.97. The number of rotatable bonds is 4. The van der Waals surface area contributed by atoms with Crippen LogP contribution in [0.25, 0.3) is 10.8 Å². The molecule has 0 radical (unpaired) electrons. The minimum atomic E-state index is -1.49. The van der Waals surface area contributed by atoms with Crippen molar-refractivity contribution >= 4 is 11.7 Å². The van der Waals surface area contributed by atoms with Crippen molar-refractivity contribution < 1.29 is 20.3 Å². The zero-order valence-electron chi connectivity index (χ0n) is 8.83. The van der Waals surface area contributed by atoms with Gasteiger partial charge in [-0.1, -0.05) is 12.8 Å². The number of hydrogen-bond donors (Lipinski definition) is 2. The highest BCUT2D eigenvalue weighted by Gasteiger charge is 2.57. The van der Waals surface area contributed by atoms with Crippen LogP contribution in [-0.4, -0.2) is 32.0 Å². The van der Waals surface area contributed by atoms with E-state index < -0.39 is 26.7 Å². The highest BCUT2D eigenvalue weighted by molar-refractivity contribution is 5.67. The molecule has 1 saturated carbocycles. The maximum atomic E-state index is 10.9. The molecule has 1 aliphatic carbocycles. The van der Waals surface area contributed by atoms with Crippen LogP contribution in [0.2, 0.25) is 0 Å². The van der Waals surface area contributed by atoms with Gasteiger partial charge < -0.3 is 10.8 Å². The summed E-state index contributed by atoms with van der Waals surface area (Å²) in [7, 11) is 0. The van der Waals surface area contributed by atoms with Crippen molar-refractivity contribution in [3.63, 3.8) is 0 Å². The molecule has 0 bridgehead atoms. The monoisotopic (exact) mass is 238 g/mol. The highest BCUT2D eigenvalue weighted by atomic mass is 16.6. The first-order valence-electron chi connectivity index (χ1n) is 4.87. The van der Waals surface area contributed by atoms with Gasteiger partial charge in [-0.3, -0.25) is 0 Å². The topological polar surface area (TPSA) is 125 Å². The van der Waals surface area contributed by atoms with E-state index in [1.807, 2.05) is 0 Å². The standard InChI is InChI=1S/C9H10N4O4/c10-5-7(12(14)15)9(3-1-2-4-9)8(6-11)13(16)17/h1-4H2,(H,14,15)(H,16,17). The van der Waals surface area contributed by atoms with Crippen LogP contribution in [0.4, 0.5) is 0 Å². The Morgan fingerprint density at radius 2 is 1.35 bits per heavy atom. The van der Waals surface area contributed by atoms with Gasteiger partial charge in [-0.2, -0.15) is 11.7 Å². The third kappa shape index (κ3) is 1.99. The molecule has 0 aromatic carbocycles. The predicted molar refractivity (Wildman–Crippen MR) is 55.5 cm³/mol. The summed E-state index contributed by atoms with van der Waals surface area (Å²) in [6.45, 7) is 0. The van der Waals surface area contributed by atoms with Crippen LogP contribution in [0.15, 0.2) is 11.4 Å². The van der Waals surface area contributed by atoms with E-state index in [0.717, 1.165) is 0 Å². The molecule has 0 spiro atoms. The lowest BCUT2D eigenvalue weighted by Crippen LogP contribution is -2.32. The van der Waals surface area contributed by atoms with Crippen molar-refractivity contribution in [2.24, 2.45) is 5.41 Å². The van der Waals surface area contributed by atoms with Gasteiger partial charge in [-0.15, -0.1) is 0 Å². The van der Waals surface area contributed by atoms with Crippen LogP contribution in [0, 0.1) is 15.2 Å². The Balaban J connectivity index is 3.43. The maximum Gasteiger partial charge on any atom is 0.330 e. The normalized spacial score (nSPS) is 16.7. The largest absolute Gasteiger partial charge is 0.758 e. The van der Waals surface area contributed by atoms with Gasteiger partial charge in [0.05, 0.1) is 9.81 Å². The van der Waals surface area contributed by atoms with Crippen LogP contribution in [-0.2, 0) is 0 Å². The molecular weight excluding hydrogens is 228 g/mol. The fourth-order valence-electron chi connectivity index (χ4n) is 2.23.